The summed E-state index contributed by atoms with van der Waals surface area (Å²) in [6, 6.07) is 10.4. The second-order valence-electron chi connectivity index (χ2n) is 6.65. The van der Waals surface area contributed by atoms with Crippen molar-refractivity contribution in [2.45, 2.75) is 12.7 Å². The minimum Gasteiger partial charge on any atom is -0.504 e. The molecular formula is C22H26N2O7. The molecule has 0 aromatic heterocycles. The molecule has 9 heteroatoms. The van der Waals surface area contributed by atoms with Crippen molar-refractivity contribution in [3.05, 3.63) is 59.2 Å². The molecule has 0 unspecified atom stereocenters. The van der Waals surface area contributed by atoms with Crippen molar-refractivity contribution >= 4 is 17.9 Å². The highest BCUT2D eigenvalue weighted by molar-refractivity contribution is 6.30. The first kappa shape index (κ1) is 24.2. The summed E-state index contributed by atoms with van der Waals surface area (Å²) in [5.41, 5.74) is 0.631. The van der Waals surface area contributed by atoms with E-state index in [0.717, 1.165) is 26.2 Å². The van der Waals surface area contributed by atoms with Crippen LogP contribution in [0.2, 0.25) is 0 Å². The number of phenolic OH excluding ortho intramolecular Hbond substituents is 1. The van der Waals surface area contributed by atoms with Crippen LogP contribution >= 0.6 is 0 Å². The number of phenols is 1. The number of hydrogen-bond acceptors (Lipinski definition) is 9. The molecular weight excluding hydrogens is 404 g/mol. The van der Waals surface area contributed by atoms with E-state index in [0.29, 0.717) is 24.2 Å². The number of ether oxygens (including phenoxy) is 1. The maximum absolute atomic E-state index is 11.2. The van der Waals surface area contributed by atoms with Gasteiger partial charge in [0.05, 0.1) is 6.61 Å². The van der Waals surface area contributed by atoms with Gasteiger partial charge in [-0.05, 0) is 25.1 Å². The lowest BCUT2D eigenvalue weighted by molar-refractivity contribution is -0.0857. The Kier molecular flexibility index (Phi) is 8.83. The molecule has 1 saturated heterocycles. The molecule has 1 heterocycles. The number of nitrogens with one attached hydrogen (secondary N) is 2. The van der Waals surface area contributed by atoms with Crippen LogP contribution in [0.1, 0.15) is 38.0 Å². The van der Waals surface area contributed by atoms with Gasteiger partial charge in [-0.25, -0.2) is 0 Å². The molecule has 4 rings (SSSR count). The molecule has 0 atom stereocenters. The third-order valence-electron chi connectivity index (χ3n) is 4.43. The molecule has 166 valence electrons. The van der Waals surface area contributed by atoms with E-state index in [1.807, 2.05) is 6.92 Å². The summed E-state index contributed by atoms with van der Waals surface area (Å²) in [6.45, 7) is 6.84. The van der Waals surface area contributed by atoms with Gasteiger partial charge < -0.3 is 30.7 Å². The van der Waals surface area contributed by atoms with Gasteiger partial charge >= 0.3 is 0 Å². The summed E-state index contributed by atoms with van der Waals surface area (Å²) in [5, 5.41) is 33.9. The van der Waals surface area contributed by atoms with E-state index in [4.69, 9.17) is 14.9 Å². The second-order valence-corrected chi connectivity index (χ2v) is 6.65. The monoisotopic (exact) mass is 430 g/mol. The first-order chi connectivity index (χ1) is 14.8. The fourth-order valence-electron chi connectivity index (χ4n) is 2.84. The second kappa shape index (κ2) is 11.3. The number of ketones is 2. The number of carbonyl (C=O) groups excluding carboxylic acids is 3. The van der Waals surface area contributed by atoms with Crippen molar-refractivity contribution in [3.8, 4) is 11.5 Å². The molecule has 2 aromatic rings. The molecule has 0 amide bonds. The Labute approximate surface area is 179 Å². The number of benzene rings is 2. The number of aromatic hydroxyl groups is 1. The predicted molar refractivity (Wildman–Crippen MR) is 113 cm³/mol. The van der Waals surface area contributed by atoms with Crippen molar-refractivity contribution in [3.63, 3.8) is 0 Å². The largest absolute Gasteiger partial charge is 0.504 e. The van der Waals surface area contributed by atoms with Crippen LogP contribution in [0.4, 0.5) is 0 Å². The number of Topliss-reactive ketones (excluding diaryl/α,β-unsaturated/α-hetero) is 2. The van der Waals surface area contributed by atoms with Crippen LogP contribution in [0.3, 0.4) is 0 Å². The zero-order chi connectivity index (χ0) is 22.9. The third kappa shape index (κ3) is 6.19. The molecule has 5 N–H and O–H groups in total. The summed E-state index contributed by atoms with van der Waals surface area (Å²) >= 11 is 0. The topological polar surface area (TPSA) is 145 Å². The average molecular weight is 430 g/mol. The lowest BCUT2D eigenvalue weighted by Crippen LogP contribution is -2.40. The quantitative estimate of drug-likeness (QED) is 0.267. The summed E-state index contributed by atoms with van der Waals surface area (Å²) in [6.07, 6.45) is 0.710. The highest BCUT2D eigenvalue weighted by atomic mass is 16.5. The zero-order valence-corrected chi connectivity index (χ0v) is 17.1. The molecule has 9 nitrogen and oxygen atoms in total. The van der Waals surface area contributed by atoms with E-state index in [-0.39, 0.29) is 16.9 Å². The summed E-state index contributed by atoms with van der Waals surface area (Å²) in [7, 11) is 0. The van der Waals surface area contributed by atoms with Crippen molar-refractivity contribution in [2.75, 3.05) is 32.8 Å². The summed E-state index contributed by atoms with van der Waals surface area (Å²) < 4.78 is 5.07. The van der Waals surface area contributed by atoms with Crippen molar-refractivity contribution in [2.24, 2.45) is 0 Å². The number of piperazine rings is 1. The fourth-order valence-corrected chi connectivity index (χ4v) is 2.84. The molecule has 1 aliphatic carbocycles. The fraction of sp³-hybridized carbons (Fsp3) is 0.318. The number of hydrogen-bond donors (Lipinski definition) is 5. The minimum atomic E-state index is -2.86. The Bertz CT molecular complexity index is 875. The van der Waals surface area contributed by atoms with E-state index >= 15 is 0 Å². The van der Waals surface area contributed by atoms with Gasteiger partial charge in [-0.1, -0.05) is 24.3 Å². The maximum Gasteiger partial charge on any atom is 0.295 e. The van der Waals surface area contributed by atoms with Crippen LogP contribution in [0.15, 0.2) is 42.5 Å². The molecule has 2 aromatic carbocycles. The smallest absolute Gasteiger partial charge is 0.295 e. The minimum absolute atomic E-state index is 0.0578. The molecule has 31 heavy (non-hydrogen) atoms. The molecule has 0 saturated carbocycles. The van der Waals surface area contributed by atoms with E-state index in [1.54, 1.807) is 12.1 Å². The highest BCUT2D eigenvalue weighted by Crippen LogP contribution is 2.27. The Morgan fingerprint density at radius 3 is 1.90 bits per heavy atom. The number of rotatable bonds is 3. The van der Waals surface area contributed by atoms with Gasteiger partial charge in [0, 0.05) is 42.9 Å². The van der Waals surface area contributed by atoms with Gasteiger partial charge in [0.15, 0.2) is 11.5 Å². The van der Waals surface area contributed by atoms with Gasteiger partial charge in [-0.2, -0.15) is 0 Å². The third-order valence-corrected chi connectivity index (χ3v) is 4.43. The molecule has 1 fully saturated rings. The van der Waals surface area contributed by atoms with E-state index in [9.17, 15) is 19.5 Å². The zero-order valence-electron chi connectivity index (χ0n) is 17.1. The highest BCUT2D eigenvalue weighted by Gasteiger charge is 2.50. The molecule has 0 radical (unpaired) electrons. The number of aliphatic hydroxyl groups is 2. The van der Waals surface area contributed by atoms with Gasteiger partial charge in [-0.3, -0.25) is 14.4 Å². The lowest BCUT2D eigenvalue weighted by Gasteiger charge is -2.11. The van der Waals surface area contributed by atoms with E-state index in [2.05, 4.69) is 10.6 Å². The van der Waals surface area contributed by atoms with Crippen LogP contribution < -0.4 is 15.4 Å². The standard InChI is InChI=1S/C9H6O4.C9H10O3.C4H10N2/c10-7-5-3-1-2-4-6(5)8(11)9(7,12)13;1-2-12-9-5-7(6-10)3-4-8(9)11;1-2-6-4-3-5-1/h1-4,12-13H;3-6,11H,2H2,1H3;5-6H,1-4H2. The lowest BCUT2D eigenvalue weighted by atomic mass is 10.1. The van der Waals surface area contributed by atoms with Gasteiger partial charge in [0.1, 0.15) is 6.29 Å². The summed E-state index contributed by atoms with van der Waals surface area (Å²) in [4.78, 5) is 32.8. The molecule has 2 aliphatic rings. The number of aldehydes is 1. The van der Waals surface area contributed by atoms with Crippen molar-refractivity contribution in [1.82, 2.24) is 10.6 Å². The van der Waals surface area contributed by atoms with Crippen LogP contribution in [0, 0.1) is 0 Å². The van der Waals surface area contributed by atoms with Crippen LogP contribution in [-0.2, 0) is 0 Å². The van der Waals surface area contributed by atoms with E-state index in [1.165, 1.54) is 30.3 Å². The Hall–Kier alpha value is -3.11. The normalized spacial score (nSPS) is 16.2. The summed E-state index contributed by atoms with van der Waals surface area (Å²) in [5.74, 6) is -4.35. The van der Waals surface area contributed by atoms with Crippen molar-refractivity contribution < 1.29 is 34.4 Å². The van der Waals surface area contributed by atoms with Gasteiger partial charge in [0.2, 0.25) is 11.6 Å². The molecule has 0 spiro atoms. The first-order valence-electron chi connectivity index (χ1n) is 9.78. The van der Waals surface area contributed by atoms with Gasteiger partial charge in [-0.15, -0.1) is 0 Å². The number of carbonyl (C=O) groups is 3. The van der Waals surface area contributed by atoms with Crippen molar-refractivity contribution in [1.29, 1.82) is 0 Å². The maximum atomic E-state index is 11.2. The average Bonchev–Trinajstić information content (AvgIpc) is 2.98. The number of fused-ring (bicyclic) bond motifs is 1. The molecule has 1 aliphatic heterocycles. The van der Waals surface area contributed by atoms with E-state index < -0.39 is 17.4 Å². The van der Waals surface area contributed by atoms with Crippen LogP contribution in [-0.4, -0.2) is 71.7 Å². The Morgan fingerprint density at radius 2 is 1.48 bits per heavy atom. The Balaban J connectivity index is 0.000000176. The predicted octanol–water partition coefficient (Wildman–Crippen LogP) is 0.529. The van der Waals surface area contributed by atoms with Crippen LogP contribution in [0.25, 0.3) is 0 Å². The van der Waals surface area contributed by atoms with Gasteiger partial charge in [0.25, 0.3) is 5.79 Å². The SMILES string of the molecule is C1CNCCN1.CCOc1cc(C=O)ccc1O.O=C1c2ccccc2C(=O)C1(O)O. The molecule has 0 bridgehead atoms. The Morgan fingerprint density at radius 1 is 0.968 bits per heavy atom. The first-order valence-corrected chi connectivity index (χ1v) is 9.78. The van der Waals surface area contributed by atoms with Crippen LogP contribution in [0.5, 0.6) is 11.5 Å².